The molecule has 80 valence electrons. The molecule has 0 atom stereocenters. The lowest BCUT2D eigenvalue weighted by Gasteiger charge is -2.04. The fourth-order valence-electron chi connectivity index (χ4n) is 1.28. The van der Waals surface area contributed by atoms with Crippen molar-refractivity contribution in [2.45, 2.75) is 31.1 Å². The molecule has 0 bridgehead atoms. The molecule has 0 aliphatic carbocycles. The molecule has 2 N–H and O–H groups in total. The van der Waals surface area contributed by atoms with Gasteiger partial charge in [0.2, 0.25) is 0 Å². The van der Waals surface area contributed by atoms with Gasteiger partial charge in [-0.05, 0) is 30.4 Å². The Labute approximate surface area is 95.5 Å². The Hall–Kier alpha value is -1.14. The number of hydrogen-bond acceptors (Lipinski definition) is 3. The Morgan fingerprint density at radius 3 is 2.80 bits per heavy atom. The van der Waals surface area contributed by atoms with Gasteiger partial charge in [-0.15, -0.1) is 11.8 Å². The molecule has 1 aromatic carbocycles. The van der Waals surface area contributed by atoms with Gasteiger partial charge in [0.25, 0.3) is 0 Å². The molecule has 0 fully saturated rings. The molecule has 1 rings (SSSR count). The van der Waals surface area contributed by atoms with Crippen molar-refractivity contribution in [1.82, 2.24) is 0 Å². The zero-order valence-electron chi connectivity index (χ0n) is 8.99. The molecule has 15 heavy (non-hydrogen) atoms. The third kappa shape index (κ3) is 3.85. The van der Waals surface area contributed by atoms with Crippen molar-refractivity contribution >= 4 is 17.4 Å². The van der Waals surface area contributed by atoms with E-state index in [4.69, 9.17) is 11.0 Å². The minimum absolute atomic E-state index is 0.630. The average Bonchev–Trinajstić information content (AvgIpc) is 2.26. The number of nitrogen functional groups attached to an aromatic ring is 1. The summed E-state index contributed by atoms with van der Waals surface area (Å²) < 4.78 is 0. The highest BCUT2D eigenvalue weighted by atomic mass is 32.2. The van der Waals surface area contributed by atoms with E-state index in [9.17, 15) is 0 Å². The highest BCUT2D eigenvalue weighted by Crippen LogP contribution is 2.26. The molecule has 0 unspecified atom stereocenters. The van der Waals surface area contributed by atoms with Crippen LogP contribution in [0.25, 0.3) is 0 Å². The quantitative estimate of drug-likeness (QED) is 0.470. The zero-order chi connectivity index (χ0) is 11.1. The van der Waals surface area contributed by atoms with Gasteiger partial charge in [0, 0.05) is 10.6 Å². The Bertz CT molecular complexity index is 355. The molecule has 0 spiro atoms. The minimum Gasteiger partial charge on any atom is -0.398 e. The van der Waals surface area contributed by atoms with E-state index in [1.165, 1.54) is 19.3 Å². The summed E-state index contributed by atoms with van der Waals surface area (Å²) in [6.07, 6.45) is 3.73. The zero-order valence-corrected chi connectivity index (χ0v) is 9.81. The van der Waals surface area contributed by atoms with Crippen molar-refractivity contribution in [2.24, 2.45) is 0 Å². The summed E-state index contributed by atoms with van der Waals surface area (Å²) in [7, 11) is 0. The molecule has 0 radical (unpaired) electrons. The molecule has 3 heteroatoms. The number of rotatable bonds is 5. The Morgan fingerprint density at radius 1 is 1.40 bits per heavy atom. The van der Waals surface area contributed by atoms with E-state index < -0.39 is 0 Å². The topological polar surface area (TPSA) is 49.8 Å². The fraction of sp³-hybridized carbons (Fsp3) is 0.417. The molecule has 0 aliphatic rings. The van der Waals surface area contributed by atoms with Crippen LogP contribution in [0.2, 0.25) is 0 Å². The SMILES string of the molecule is CCCCCSc1ccc(C#N)cc1N. The summed E-state index contributed by atoms with van der Waals surface area (Å²) in [5.41, 5.74) is 7.19. The van der Waals surface area contributed by atoms with Crippen LogP contribution in [-0.4, -0.2) is 5.75 Å². The van der Waals surface area contributed by atoms with Crippen molar-refractivity contribution in [2.75, 3.05) is 11.5 Å². The standard InChI is InChI=1S/C12H16N2S/c1-2-3-4-7-15-12-6-5-10(9-13)8-11(12)14/h5-6,8H,2-4,7,14H2,1H3. The summed E-state index contributed by atoms with van der Waals surface area (Å²) in [4.78, 5) is 1.09. The molecule has 1 aromatic rings. The smallest absolute Gasteiger partial charge is 0.0992 e. The fourth-order valence-corrected chi connectivity index (χ4v) is 2.24. The van der Waals surface area contributed by atoms with E-state index in [0.717, 1.165) is 16.3 Å². The van der Waals surface area contributed by atoms with Gasteiger partial charge in [0.1, 0.15) is 0 Å². The lowest BCUT2D eigenvalue weighted by Crippen LogP contribution is -1.90. The van der Waals surface area contributed by atoms with E-state index in [1.54, 1.807) is 17.8 Å². The Kier molecular flexibility index (Phi) is 5.06. The van der Waals surface area contributed by atoms with Gasteiger partial charge in [-0.2, -0.15) is 5.26 Å². The maximum absolute atomic E-state index is 8.69. The van der Waals surface area contributed by atoms with Crippen molar-refractivity contribution < 1.29 is 0 Å². The third-order valence-electron chi connectivity index (χ3n) is 2.14. The second kappa shape index (κ2) is 6.36. The summed E-state index contributed by atoms with van der Waals surface area (Å²) in [5, 5.41) is 8.69. The number of nitrogens with zero attached hydrogens (tertiary/aromatic N) is 1. The van der Waals surface area contributed by atoms with E-state index in [0.29, 0.717) is 5.56 Å². The normalized spacial score (nSPS) is 9.87. The highest BCUT2D eigenvalue weighted by Gasteiger charge is 2.00. The Morgan fingerprint density at radius 2 is 2.20 bits per heavy atom. The van der Waals surface area contributed by atoms with Crippen LogP contribution in [0.4, 0.5) is 5.69 Å². The first-order valence-corrected chi connectivity index (χ1v) is 6.19. The van der Waals surface area contributed by atoms with Crippen molar-refractivity contribution in [3.05, 3.63) is 23.8 Å². The van der Waals surface area contributed by atoms with Gasteiger partial charge in [-0.1, -0.05) is 19.8 Å². The van der Waals surface area contributed by atoms with Gasteiger partial charge in [-0.25, -0.2) is 0 Å². The number of hydrogen-bond donors (Lipinski definition) is 1. The van der Waals surface area contributed by atoms with Crippen LogP contribution in [0.15, 0.2) is 23.1 Å². The maximum atomic E-state index is 8.69. The van der Waals surface area contributed by atoms with Crippen LogP contribution in [0.5, 0.6) is 0 Å². The van der Waals surface area contributed by atoms with Crippen LogP contribution >= 0.6 is 11.8 Å². The van der Waals surface area contributed by atoms with Crippen LogP contribution < -0.4 is 5.73 Å². The van der Waals surface area contributed by atoms with E-state index >= 15 is 0 Å². The van der Waals surface area contributed by atoms with Crippen molar-refractivity contribution in [3.8, 4) is 6.07 Å². The number of thioether (sulfide) groups is 1. The summed E-state index contributed by atoms with van der Waals surface area (Å²) in [5.74, 6) is 1.10. The molecule has 0 heterocycles. The van der Waals surface area contributed by atoms with Gasteiger partial charge in [0.05, 0.1) is 11.6 Å². The lowest BCUT2D eigenvalue weighted by molar-refractivity contribution is 0.778. The van der Waals surface area contributed by atoms with Crippen LogP contribution in [0, 0.1) is 11.3 Å². The summed E-state index contributed by atoms with van der Waals surface area (Å²) in [6, 6.07) is 7.57. The second-order valence-electron chi connectivity index (χ2n) is 3.42. The predicted molar refractivity (Wildman–Crippen MR) is 65.8 cm³/mol. The number of nitrogens with two attached hydrogens (primary N) is 1. The van der Waals surface area contributed by atoms with Crippen LogP contribution in [0.1, 0.15) is 31.7 Å². The molecule has 0 aromatic heterocycles. The number of unbranched alkanes of at least 4 members (excludes halogenated alkanes) is 2. The van der Waals surface area contributed by atoms with Gasteiger partial charge in [0.15, 0.2) is 0 Å². The summed E-state index contributed by atoms with van der Waals surface area (Å²) >= 11 is 1.77. The minimum atomic E-state index is 0.630. The first-order chi connectivity index (χ1) is 7.27. The lowest BCUT2D eigenvalue weighted by atomic mass is 10.2. The largest absolute Gasteiger partial charge is 0.398 e. The Balaban J connectivity index is 2.52. The molecular formula is C12H16N2S. The van der Waals surface area contributed by atoms with Crippen molar-refractivity contribution in [3.63, 3.8) is 0 Å². The monoisotopic (exact) mass is 220 g/mol. The molecule has 2 nitrogen and oxygen atoms in total. The number of anilines is 1. The summed E-state index contributed by atoms with van der Waals surface area (Å²) in [6.45, 7) is 2.20. The first-order valence-electron chi connectivity index (χ1n) is 5.20. The maximum Gasteiger partial charge on any atom is 0.0992 e. The molecule has 0 aliphatic heterocycles. The second-order valence-corrected chi connectivity index (χ2v) is 4.56. The molecule has 0 saturated carbocycles. The third-order valence-corrected chi connectivity index (χ3v) is 3.32. The molecule has 0 saturated heterocycles. The van der Waals surface area contributed by atoms with Crippen molar-refractivity contribution in [1.29, 1.82) is 5.26 Å². The average molecular weight is 220 g/mol. The van der Waals surface area contributed by atoms with E-state index in [1.807, 2.05) is 12.1 Å². The van der Waals surface area contributed by atoms with E-state index in [2.05, 4.69) is 13.0 Å². The molecular weight excluding hydrogens is 204 g/mol. The van der Waals surface area contributed by atoms with Crippen LogP contribution in [0.3, 0.4) is 0 Å². The first kappa shape index (κ1) is 11.9. The van der Waals surface area contributed by atoms with Gasteiger partial charge in [-0.3, -0.25) is 0 Å². The van der Waals surface area contributed by atoms with Gasteiger partial charge >= 0.3 is 0 Å². The van der Waals surface area contributed by atoms with E-state index in [-0.39, 0.29) is 0 Å². The molecule has 0 amide bonds. The predicted octanol–water partition coefficient (Wildman–Crippen LogP) is 3.42. The van der Waals surface area contributed by atoms with Gasteiger partial charge < -0.3 is 5.73 Å². The highest BCUT2D eigenvalue weighted by molar-refractivity contribution is 7.99. The van der Waals surface area contributed by atoms with Crippen LogP contribution in [-0.2, 0) is 0 Å². The number of nitriles is 1. The number of benzene rings is 1.